The van der Waals surface area contributed by atoms with Crippen molar-refractivity contribution in [3.63, 3.8) is 0 Å². The van der Waals surface area contributed by atoms with Crippen LogP contribution in [0.15, 0.2) is 18.3 Å². The van der Waals surface area contributed by atoms with Crippen LogP contribution in [0.3, 0.4) is 0 Å². The quantitative estimate of drug-likeness (QED) is 0.788. The van der Waals surface area contributed by atoms with Gasteiger partial charge in [-0.2, -0.15) is 0 Å². The van der Waals surface area contributed by atoms with E-state index in [0.717, 1.165) is 19.7 Å². The van der Waals surface area contributed by atoms with Crippen molar-refractivity contribution >= 4 is 5.91 Å². The van der Waals surface area contributed by atoms with Crippen LogP contribution in [0, 0.1) is 0 Å². The summed E-state index contributed by atoms with van der Waals surface area (Å²) in [5.41, 5.74) is 0.712. The normalized spacial score (nSPS) is 20.2. The maximum Gasteiger partial charge on any atom is 0.267 e. The van der Waals surface area contributed by atoms with E-state index in [1.807, 2.05) is 29.8 Å². The molecule has 5 heteroatoms. The topological polar surface area (TPSA) is 55.3 Å². The first-order valence-corrected chi connectivity index (χ1v) is 6.05. The lowest BCUT2D eigenvalue weighted by Gasteiger charge is -2.24. The Kier molecular flexibility index (Phi) is 4.17. The van der Waals surface area contributed by atoms with Crippen LogP contribution in [0.25, 0.3) is 0 Å². The van der Waals surface area contributed by atoms with Crippen molar-refractivity contribution in [2.45, 2.75) is 19.5 Å². The molecule has 1 aromatic rings. The van der Waals surface area contributed by atoms with Gasteiger partial charge in [-0.25, -0.2) is 0 Å². The van der Waals surface area contributed by atoms with Gasteiger partial charge >= 0.3 is 0 Å². The number of hydrogen-bond donors (Lipinski definition) is 2. The van der Waals surface area contributed by atoms with Gasteiger partial charge in [0.05, 0.1) is 13.2 Å². The fourth-order valence-corrected chi connectivity index (χ4v) is 1.95. The molecule has 94 valence electrons. The molecule has 0 radical (unpaired) electrons. The first-order valence-electron chi connectivity index (χ1n) is 6.05. The zero-order valence-corrected chi connectivity index (χ0v) is 10.1. The van der Waals surface area contributed by atoms with E-state index in [-0.39, 0.29) is 11.9 Å². The maximum atomic E-state index is 11.9. The van der Waals surface area contributed by atoms with Gasteiger partial charge in [-0.05, 0) is 19.1 Å². The van der Waals surface area contributed by atoms with Crippen molar-refractivity contribution in [2.24, 2.45) is 0 Å². The summed E-state index contributed by atoms with van der Waals surface area (Å²) >= 11 is 0. The zero-order chi connectivity index (χ0) is 12.1. The van der Waals surface area contributed by atoms with E-state index in [2.05, 4.69) is 10.6 Å². The predicted octanol–water partition coefficient (Wildman–Crippen LogP) is 0.226. The van der Waals surface area contributed by atoms with E-state index in [4.69, 9.17) is 4.74 Å². The SMILES string of the molecule is CCn1cccc1C(=O)NCC1COCCN1. The van der Waals surface area contributed by atoms with E-state index in [0.29, 0.717) is 18.8 Å². The van der Waals surface area contributed by atoms with Crippen molar-refractivity contribution < 1.29 is 9.53 Å². The number of amides is 1. The molecule has 2 rings (SSSR count). The molecule has 5 nitrogen and oxygen atoms in total. The summed E-state index contributed by atoms with van der Waals surface area (Å²) in [4.78, 5) is 11.9. The summed E-state index contributed by atoms with van der Waals surface area (Å²) in [7, 11) is 0. The van der Waals surface area contributed by atoms with Crippen LogP contribution in [0.1, 0.15) is 17.4 Å². The molecule has 2 heterocycles. The van der Waals surface area contributed by atoms with Gasteiger partial charge < -0.3 is 19.9 Å². The third-order valence-corrected chi connectivity index (χ3v) is 2.91. The van der Waals surface area contributed by atoms with E-state index in [1.165, 1.54) is 0 Å². The Morgan fingerprint density at radius 3 is 3.29 bits per heavy atom. The molecule has 1 aromatic heterocycles. The molecule has 0 aromatic carbocycles. The van der Waals surface area contributed by atoms with Crippen LogP contribution in [0.5, 0.6) is 0 Å². The largest absolute Gasteiger partial charge is 0.378 e. The molecule has 1 saturated heterocycles. The number of hydrogen-bond acceptors (Lipinski definition) is 3. The standard InChI is InChI=1S/C12H19N3O2/c1-2-15-6-3-4-11(15)12(16)14-8-10-9-17-7-5-13-10/h3-4,6,10,13H,2,5,7-9H2,1H3,(H,14,16). The van der Waals surface area contributed by atoms with Crippen LogP contribution in [-0.4, -0.2) is 42.8 Å². The molecular formula is C12H19N3O2. The molecule has 0 aliphatic carbocycles. The number of ether oxygens (including phenoxy) is 1. The minimum Gasteiger partial charge on any atom is -0.378 e. The molecule has 1 unspecified atom stereocenters. The number of aromatic nitrogens is 1. The molecule has 1 fully saturated rings. The van der Waals surface area contributed by atoms with Gasteiger partial charge in [-0.3, -0.25) is 4.79 Å². The number of carbonyl (C=O) groups excluding carboxylic acids is 1. The number of carbonyl (C=O) groups is 1. The molecule has 1 aliphatic rings. The van der Waals surface area contributed by atoms with Crippen molar-refractivity contribution in [2.75, 3.05) is 26.3 Å². The monoisotopic (exact) mass is 237 g/mol. The van der Waals surface area contributed by atoms with Gasteiger partial charge in [0.25, 0.3) is 5.91 Å². The predicted molar refractivity (Wildman–Crippen MR) is 65.0 cm³/mol. The van der Waals surface area contributed by atoms with E-state index >= 15 is 0 Å². The van der Waals surface area contributed by atoms with Gasteiger partial charge in [0, 0.05) is 31.9 Å². The Labute approximate surface area is 101 Å². The second-order valence-electron chi connectivity index (χ2n) is 4.12. The van der Waals surface area contributed by atoms with Crippen molar-refractivity contribution in [3.8, 4) is 0 Å². The number of aryl methyl sites for hydroxylation is 1. The third kappa shape index (κ3) is 3.08. The van der Waals surface area contributed by atoms with Gasteiger partial charge in [0.2, 0.25) is 0 Å². The van der Waals surface area contributed by atoms with Crippen LogP contribution < -0.4 is 10.6 Å². The summed E-state index contributed by atoms with van der Waals surface area (Å²) in [6.07, 6.45) is 1.91. The summed E-state index contributed by atoms with van der Waals surface area (Å²) in [6.45, 7) is 5.70. The number of morpholine rings is 1. The van der Waals surface area contributed by atoms with E-state index in [9.17, 15) is 4.79 Å². The summed E-state index contributed by atoms with van der Waals surface area (Å²) in [6, 6.07) is 3.95. The summed E-state index contributed by atoms with van der Waals surface area (Å²) in [5.74, 6) is -0.0239. The molecule has 0 saturated carbocycles. The Hall–Kier alpha value is -1.33. The first-order chi connectivity index (χ1) is 8.31. The molecule has 1 amide bonds. The average molecular weight is 237 g/mol. The fraction of sp³-hybridized carbons (Fsp3) is 0.583. The van der Waals surface area contributed by atoms with Crippen molar-refractivity contribution in [1.82, 2.24) is 15.2 Å². The molecule has 1 aliphatic heterocycles. The second-order valence-corrected chi connectivity index (χ2v) is 4.12. The number of nitrogens with zero attached hydrogens (tertiary/aromatic N) is 1. The van der Waals surface area contributed by atoms with E-state index < -0.39 is 0 Å². The molecule has 17 heavy (non-hydrogen) atoms. The van der Waals surface area contributed by atoms with Crippen LogP contribution >= 0.6 is 0 Å². The highest BCUT2D eigenvalue weighted by Gasteiger charge is 2.15. The fourth-order valence-electron chi connectivity index (χ4n) is 1.95. The van der Waals surface area contributed by atoms with Crippen LogP contribution in [-0.2, 0) is 11.3 Å². The zero-order valence-electron chi connectivity index (χ0n) is 10.1. The van der Waals surface area contributed by atoms with Gasteiger partial charge in [-0.1, -0.05) is 0 Å². The smallest absolute Gasteiger partial charge is 0.267 e. The molecule has 0 bridgehead atoms. The lowest BCUT2D eigenvalue weighted by Crippen LogP contribution is -2.48. The summed E-state index contributed by atoms with van der Waals surface area (Å²) in [5, 5.41) is 6.23. The molecule has 1 atom stereocenters. The van der Waals surface area contributed by atoms with E-state index in [1.54, 1.807) is 0 Å². The van der Waals surface area contributed by atoms with Crippen molar-refractivity contribution in [1.29, 1.82) is 0 Å². The minimum absolute atomic E-state index is 0.0239. The minimum atomic E-state index is -0.0239. The highest BCUT2D eigenvalue weighted by molar-refractivity contribution is 5.92. The van der Waals surface area contributed by atoms with Gasteiger partial charge in [0.1, 0.15) is 5.69 Å². The third-order valence-electron chi connectivity index (χ3n) is 2.91. The second kappa shape index (κ2) is 5.84. The van der Waals surface area contributed by atoms with Crippen molar-refractivity contribution in [3.05, 3.63) is 24.0 Å². The van der Waals surface area contributed by atoms with Gasteiger partial charge in [-0.15, -0.1) is 0 Å². The Morgan fingerprint density at radius 2 is 2.59 bits per heavy atom. The van der Waals surface area contributed by atoms with Crippen LogP contribution in [0.2, 0.25) is 0 Å². The Balaban J connectivity index is 1.84. The molecular weight excluding hydrogens is 218 g/mol. The first kappa shape index (κ1) is 12.1. The lowest BCUT2D eigenvalue weighted by atomic mass is 10.2. The van der Waals surface area contributed by atoms with Crippen LogP contribution in [0.4, 0.5) is 0 Å². The maximum absolute atomic E-state index is 11.9. The number of rotatable bonds is 4. The summed E-state index contributed by atoms with van der Waals surface area (Å²) < 4.78 is 7.26. The Bertz CT molecular complexity index is 370. The highest BCUT2D eigenvalue weighted by Crippen LogP contribution is 2.02. The lowest BCUT2D eigenvalue weighted by molar-refractivity contribution is 0.0732. The molecule has 2 N–H and O–H groups in total. The molecule has 0 spiro atoms. The average Bonchev–Trinajstić information content (AvgIpc) is 2.85. The van der Waals surface area contributed by atoms with Gasteiger partial charge in [0.15, 0.2) is 0 Å². The highest BCUT2D eigenvalue weighted by atomic mass is 16.5. The number of nitrogens with one attached hydrogen (secondary N) is 2. The Morgan fingerprint density at radius 1 is 1.71 bits per heavy atom.